The second-order valence-electron chi connectivity index (χ2n) is 9.64. The molecule has 1 amide bonds. The van der Waals surface area contributed by atoms with Gasteiger partial charge in [-0.1, -0.05) is 11.3 Å². The SMILES string of the molecule is CNCCNC(=O)c1ccc(N2CCN(CCn3c(=O)sc4c3nc(N)n3nc(-c5ccco5)nc43)CC2)c(F)c1.Cl. The first-order valence-corrected chi connectivity index (χ1v) is 14.0. The molecule has 4 N–H and O–H groups in total. The Hall–Kier alpha value is -4.05. The highest BCUT2D eigenvalue weighted by atomic mass is 35.5. The van der Waals surface area contributed by atoms with Crippen LogP contribution < -0.4 is 26.1 Å². The number of halogens is 2. The molecule has 42 heavy (non-hydrogen) atoms. The number of nitrogens with two attached hydrogens (primary N) is 1. The number of furan rings is 1. The molecule has 6 rings (SSSR count). The predicted molar refractivity (Wildman–Crippen MR) is 161 cm³/mol. The Labute approximate surface area is 249 Å². The second-order valence-corrected chi connectivity index (χ2v) is 10.6. The highest BCUT2D eigenvalue weighted by molar-refractivity contribution is 7.17. The highest BCUT2D eigenvalue weighted by Gasteiger charge is 2.23. The van der Waals surface area contributed by atoms with E-state index in [0.29, 0.717) is 91.2 Å². The van der Waals surface area contributed by atoms with Gasteiger partial charge in [-0.05, 0) is 37.4 Å². The Morgan fingerprint density at radius 3 is 2.64 bits per heavy atom. The van der Waals surface area contributed by atoms with E-state index >= 15 is 0 Å². The summed E-state index contributed by atoms with van der Waals surface area (Å²) in [7, 11) is 1.80. The quantitative estimate of drug-likeness (QED) is 0.209. The van der Waals surface area contributed by atoms with Gasteiger partial charge in [0.15, 0.2) is 17.1 Å². The first-order chi connectivity index (χ1) is 19.9. The van der Waals surface area contributed by atoms with E-state index in [1.807, 2.05) is 4.90 Å². The van der Waals surface area contributed by atoms with Crippen LogP contribution in [0.1, 0.15) is 10.4 Å². The summed E-state index contributed by atoms with van der Waals surface area (Å²) >= 11 is 1.06. The molecule has 5 aromatic rings. The number of amides is 1. The molecule has 16 heteroatoms. The standard InChI is InChI=1S/C26H29FN10O3S.ClH/c1-29-6-7-30-24(38)16-4-5-18(17(27)15-16)35-11-8-34(9-12-35)10-13-36-22-20(41-26(36)39)23-31-21(19-3-2-14-40-19)33-37(23)25(28)32-22;/h2-5,14-15,29H,6-13H2,1H3,(H2,28,32)(H,30,38);1H. The van der Waals surface area contributed by atoms with E-state index in [1.54, 1.807) is 35.9 Å². The third-order valence-corrected chi connectivity index (χ3v) is 8.05. The van der Waals surface area contributed by atoms with Crippen molar-refractivity contribution in [2.75, 3.05) is 63.5 Å². The maximum atomic E-state index is 14.9. The number of nitrogens with zero attached hydrogens (tertiary/aromatic N) is 7. The topological polar surface area (TPSA) is 152 Å². The second kappa shape index (κ2) is 12.4. The largest absolute Gasteiger partial charge is 0.461 e. The number of piperazine rings is 1. The molecule has 4 aromatic heterocycles. The van der Waals surface area contributed by atoms with Crippen LogP contribution in [0.2, 0.25) is 0 Å². The van der Waals surface area contributed by atoms with Gasteiger partial charge in [0.05, 0.1) is 12.0 Å². The number of aromatic nitrogens is 5. The molecule has 1 aliphatic rings. The van der Waals surface area contributed by atoms with Crippen LogP contribution in [-0.2, 0) is 6.54 Å². The number of hydrogen-bond acceptors (Lipinski definition) is 11. The van der Waals surface area contributed by atoms with Crippen LogP contribution in [0.15, 0.2) is 45.8 Å². The number of nitrogens with one attached hydrogen (secondary N) is 2. The van der Waals surface area contributed by atoms with Crippen LogP contribution in [-0.4, -0.2) is 87.8 Å². The minimum atomic E-state index is -0.422. The number of hydrogen-bond donors (Lipinski definition) is 3. The summed E-state index contributed by atoms with van der Waals surface area (Å²) in [6.45, 7) is 4.76. The first kappa shape index (κ1) is 29.4. The van der Waals surface area contributed by atoms with E-state index < -0.39 is 5.82 Å². The molecular weight excluding hydrogens is 587 g/mol. The van der Waals surface area contributed by atoms with Gasteiger partial charge in [0.2, 0.25) is 11.8 Å². The molecule has 0 aliphatic carbocycles. The molecule has 1 saturated heterocycles. The zero-order valence-electron chi connectivity index (χ0n) is 22.7. The average Bonchev–Trinajstić information content (AvgIpc) is 3.72. The summed E-state index contributed by atoms with van der Waals surface area (Å²) in [6.07, 6.45) is 1.54. The van der Waals surface area contributed by atoms with E-state index in [2.05, 4.69) is 30.6 Å². The number of benzene rings is 1. The van der Waals surface area contributed by atoms with Crippen molar-refractivity contribution in [1.82, 2.24) is 39.7 Å². The van der Waals surface area contributed by atoms with Crippen molar-refractivity contribution in [3.05, 3.63) is 57.6 Å². The van der Waals surface area contributed by atoms with Crippen molar-refractivity contribution in [2.24, 2.45) is 0 Å². The van der Waals surface area contributed by atoms with Gasteiger partial charge in [-0.2, -0.15) is 9.50 Å². The van der Waals surface area contributed by atoms with Crippen molar-refractivity contribution < 1.29 is 13.6 Å². The molecule has 13 nitrogen and oxygen atoms in total. The van der Waals surface area contributed by atoms with Crippen LogP contribution in [0, 0.1) is 5.82 Å². The van der Waals surface area contributed by atoms with Gasteiger partial charge in [0, 0.05) is 57.9 Å². The molecule has 0 saturated carbocycles. The highest BCUT2D eigenvalue weighted by Crippen LogP contribution is 2.26. The van der Waals surface area contributed by atoms with E-state index in [1.165, 1.54) is 16.8 Å². The van der Waals surface area contributed by atoms with Gasteiger partial charge >= 0.3 is 4.87 Å². The number of likely N-dealkylation sites (N-methyl/N-ethyl adjacent to an activating group) is 1. The van der Waals surface area contributed by atoms with Crippen LogP contribution in [0.5, 0.6) is 0 Å². The zero-order chi connectivity index (χ0) is 28.5. The fraction of sp³-hybridized carbons (Fsp3) is 0.346. The normalized spacial score (nSPS) is 14.0. The molecule has 1 aromatic carbocycles. The lowest BCUT2D eigenvalue weighted by molar-refractivity contribution is 0.0953. The first-order valence-electron chi connectivity index (χ1n) is 13.2. The van der Waals surface area contributed by atoms with Crippen molar-refractivity contribution in [1.29, 1.82) is 0 Å². The monoisotopic (exact) mass is 616 g/mol. The Morgan fingerprint density at radius 1 is 1.12 bits per heavy atom. The molecule has 1 fully saturated rings. The maximum absolute atomic E-state index is 14.9. The van der Waals surface area contributed by atoms with Gasteiger partial charge in [-0.25, -0.2) is 9.37 Å². The minimum absolute atomic E-state index is 0. The molecule has 0 unspecified atom stereocenters. The van der Waals surface area contributed by atoms with Gasteiger partial charge in [-0.3, -0.25) is 19.1 Å². The minimum Gasteiger partial charge on any atom is -0.461 e. The molecule has 0 bridgehead atoms. The van der Waals surface area contributed by atoms with Crippen LogP contribution >= 0.6 is 23.7 Å². The number of thiazole rings is 1. The lowest BCUT2D eigenvalue weighted by Crippen LogP contribution is -2.47. The predicted octanol–water partition coefficient (Wildman–Crippen LogP) is 1.68. The smallest absolute Gasteiger partial charge is 0.309 e. The number of fused-ring (bicyclic) bond motifs is 3. The molecule has 222 valence electrons. The van der Waals surface area contributed by atoms with E-state index in [9.17, 15) is 14.0 Å². The number of nitrogen functional groups attached to an aromatic ring is 1. The molecule has 0 atom stereocenters. The van der Waals surface area contributed by atoms with Crippen LogP contribution in [0.3, 0.4) is 0 Å². The van der Waals surface area contributed by atoms with Gasteiger partial charge < -0.3 is 25.7 Å². The lowest BCUT2D eigenvalue weighted by Gasteiger charge is -2.36. The Morgan fingerprint density at radius 2 is 1.93 bits per heavy atom. The molecule has 0 radical (unpaired) electrons. The van der Waals surface area contributed by atoms with Crippen LogP contribution in [0.4, 0.5) is 16.0 Å². The summed E-state index contributed by atoms with van der Waals surface area (Å²) in [6, 6.07) is 8.09. The molecular formula is C26H30ClFN10O3S. The van der Waals surface area contributed by atoms with Crippen molar-refractivity contribution >= 4 is 57.3 Å². The zero-order valence-corrected chi connectivity index (χ0v) is 24.4. The Bertz CT molecular complexity index is 1760. The van der Waals surface area contributed by atoms with E-state index in [0.717, 1.165) is 11.3 Å². The van der Waals surface area contributed by atoms with Crippen LogP contribution in [0.25, 0.3) is 27.6 Å². The third-order valence-electron chi connectivity index (χ3n) is 7.08. The van der Waals surface area contributed by atoms with E-state index in [-0.39, 0.29) is 29.1 Å². The summed E-state index contributed by atoms with van der Waals surface area (Å²) in [4.78, 5) is 38.2. The number of rotatable bonds is 9. The van der Waals surface area contributed by atoms with Crippen molar-refractivity contribution in [2.45, 2.75) is 6.54 Å². The molecule has 0 spiro atoms. The van der Waals surface area contributed by atoms with Crippen molar-refractivity contribution in [3.63, 3.8) is 0 Å². The summed E-state index contributed by atoms with van der Waals surface area (Å²) in [5, 5.41) is 10.1. The number of carbonyl (C=O) groups excluding carboxylic acids is 1. The average molecular weight is 617 g/mol. The Kier molecular flexibility index (Phi) is 8.72. The maximum Gasteiger partial charge on any atom is 0.309 e. The van der Waals surface area contributed by atoms with Crippen molar-refractivity contribution in [3.8, 4) is 11.6 Å². The van der Waals surface area contributed by atoms with Gasteiger partial charge in [-0.15, -0.1) is 17.5 Å². The summed E-state index contributed by atoms with van der Waals surface area (Å²) < 4.78 is 24.0. The molecule has 5 heterocycles. The molecule has 1 aliphatic heterocycles. The lowest BCUT2D eigenvalue weighted by atomic mass is 10.1. The third kappa shape index (κ3) is 5.68. The fourth-order valence-electron chi connectivity index (χ4n) is 4.90. The number of anilines is 2. The number of carbonyl (C=O) groups is 1. The summed E-state index contributed by atoms with van der Waals surface area (Å²) in [5.74, 6) is 0.260. The Balaban J connectivity index is 0.00000353. The van der Waals surface area contributed by atoms with Gasteiger partial charge in [0.1, 0.15) is 10.5 Å². The fourth-order valence-corrected chi connectivity index (χ4v) is 5.83. The van der Waals surface area contributed by atoms with E-state index in [4.69, 9.17) is 10.2 Å². The summed E-state index contributed by atoms with van der Waals surface area (Å²) in [5.41, 5.74) is 7.88. The van der Waals surface area contributed by atoms with Gasteiger partial charge in [0.25, 0.3) is 5.91 Å².